The quantitative estimate of drug-likeness (QED) is 0.859. The third-order valence-electron chi connectivity index (χ3n) is 3.29. The van der Waals surface area contributed by atoms with Crippen molar-refractivity contribution in [2.45, 2.75) is 39.2 Å². The van der Waals surface area contributed by atoms with Crippen LogP contribution in [0.4, 0.5) is 4.79 Å². The maximum absolute atomic E-state index is 12.1. The summed E-state index contributed by atoms with van der Waals surface area (Å²) in [7, 11) is 0. The smallest absolute Gasteiger partial charge is 0.410 e. The zero-order valence-corrected chi connectivity index (χ0v) is 13.0. The molecule has 1 aromatic heterocycles. The van der Waals surface area contributed by atoms with E-state index in [1.165, 1.54) is 0 Å². The Morgan fingerprint density at radius 3 is 2.95 bits per heavy atom. The lowest BCUT2D eigenvalue weighted by Gasteiger charge is -2.34. The molecule has 0 aromatic carbocycles. The van der Waals surface area contributed by atoms with E-state index in [9.17, 15) is 4.79 Å². The number of aromatic nitrogens is 1. The zero-order valence-electron chi connectivity index (χ0n) is 13.0. The second-order valence-electron chi connectivity index (χ2n) is 6.43. The molecule has 1 aliphatic heterocycles. The number of amides is 1. The van der Waals surface area contributed by atoms with Gasteiger partial charge in [0.15, 0.2) is 0 Å². The minimum Gasteiger partial charge on any atom is -0.492 e. The van der Waals surface area contributed by atoms with Gasteiger partial charge in [-0.25, -0.2) is 4.79 Å². The molecule has 1 aliphatic rings. The molecule has 2 rings (SSSR count). The fourth-order valence-electron chi connectivity index (χ4n) is 2.34. The molecule has 0 unspecified atom stereocenters. The summed E-state index contributed by atoms with van der Waals surface area (Å²) in [5.74, 6) is 1.11. The Balaban J connectivity index is 1.82. The van der Waals surface area contributed by atoms with Crippen LogP contribution >= 0.6 is 0 Å². The Labute approximate surface area is 126 Å². The highest BCUT2D eigenvalue weighted by Gasteiger charge is 2.27. The molecule has 1 aromatic rings. The normalized spacial score (nSPS) is 19.2. The van der Waals surface area contributed by atoms with Crippen molar-refractivity contribution in [1.82, 2.24) is 9.88 Å². The highest BCUT2D eigenvalue weighted by atomic mass is 16.6. The van der Waals surface area contributed by atoms with Gasteiger partial charge in [-0.3, -0.25) is 4.98 Å². The number of carbonyl (C=O) groups excluding carboxylic acids is 1. The van der Waals surface area contributed by atoms with E-state index in [-0.39, 0.29) is 6.09 Å². The molecule has 5 heteroatoms. The van der Waals surface area contributed by atoms with Gasteiger partial charge in [-0.05, 0) is 45.7 Å². The minimum absolute atomic E-state index is 0.228. The molecule has 0 radical (unpaired) electrons. The molecule has 1 amide bonds. The van der Waals surface area contributed by atoms with Gasteiger partial charge in [0.1, 0.15) is 11.4 Å². The van der Waals surface area contributed by atoms with E-state index in [0.717, 1.165) is 25.1 Å². The molecule has 2 heterocycles. The summed E-state index contributed by atoms with van der Waals surface area (Å²) in [4.78, 5) is 17.9. The number of ether oxygens (including phenoxy) is 2. The van der Waals surface area contributed by atoms with Crippen molar-refractivity contribution in [3.8, 4) is 5.75 Å². The molecule has 1 saturated heterocycles. The Kier molecular flexibility index (Phi) is 5.04. The number of likely N-dealkylation sites (tertiary alicyclic amines) is 1. The van der Waals surface area contributed by atoms with Crippen LogP contribution < -0.4 is 4.74 Å². The van der Waals surface area contributed by atoms with Crippen molar-refractivity contribution < 1.29 is 14.3 Å². The van der Waals surface area contributed by atoms with Crippen LogP contribution in [0.5, 0.6) is 5.75 Å². The summed E-state index contributed by atoms with van der Waals surface area (Å²) < 4.78 is 11.2. The molecule has 0 N–H and O–H groups in total. The number of carbonyl (C=O) groups is 1. The van der Waals surface area contributed by atoms with Crippen LogP contribution in [0.25, 0.3) is 0 Å². The predicted molar refractivity (Wildman–Crippen MR) is 80.3 cm³/mol. The van der Waals surface area contributed by atoms with E-state index in [0.29, 0.717) is 19.1 Å². The number of hydrogen-bond donors (Lipinski definition) is 0. The molecule has 21 heavy (non-hydrogen) atoms. The number of pyridine rings is 1. The Hall–Kier alpha value is -1.78. The summed E-state index contributed by atoms with van der Waals surface area (Å²) in [5.41, 5.74) is -0.448. The van der Waals surface area contributed by atoms with Crippen LogP contribution in [0.15, 0.2) is 24.5 Å². The fourth-order valence-corrected chi connectivity index (χ4v) is 2.34. The molecule has 5 nitrogen and oxygen atoms in total. The highest BCUT2D eigenvalue weighted by Crippen LogP contribution is 2.20. The van der Waals surface area contributed by atoms with Crippen molar-refractivity contribution in [1.29, 1.82) is 0 Å². The van der Waals surface area contributed by atoms with Crippen molar-refractivity contribution in [2.75, 3.05) is 19.7 Å². The highest BCUT2D eigenvalue weighted by molar-refractivity contribution is 5.68. The lowest BCUT2D eigenvalue weighted by atomic mass is 9.99. The van der Waals surface area contributed by atoms with Gasteiger partial charge in [0.2, 0.25) is 0 Å². The lowest BCUT2D eigenvalue weighted by molar-refractivity contribution is 0.0139. The molecule has 0 saturated carbocycles. The van der Waals surface area contributed by atoms with Gasteiger partial charge in [0, 0.05) is 25.2 Å². The van der Waals surface area contributed by atoms with Crippen LogP contribution in [0, 0.1) is 5.92 Å². The van der Waals surface area contributed by atoms with E-state index in [1.807, 2.05) is 32.9 Å². The van der Waals surface area contributed by atoms with Gasteiger partial charge in [-0.15, -0.1) is 0 Å². The van der Waals surface area contributed by atoms with E-state index in [1.54, 1.807) is 17.3 Å². The Bertz CT molecular complexity index is 456. The monoisotopic (exact) mass is 292 g/mol. The molecule has 1 fully saturated rings. The average molecular weight is 292 g/mol. The number of rotatable bonds is 3. The number of hydrogen-bond acceptors (Lipinski definition) is 4. The summed E-state index contributed by atoms with van der Waals surface area (Å²) in [6, 6.07) is 3.74. The fraction of sp³-hybridized carbons (Fsp3) is 0.625. The van der Waals surface area contributed by atoms with E-state index < -0.39 is 5.60 Å². The Morgan fingerprint density at radius 2 is 2.29 bits per heavy atom. The van der Waals surface area contributed by atoms with E-state index in [2.05, 4.69) is 4.98 Å². The predicted octanol–water partition coefficient (Wildman–Crippen LogP) is 3.11. The topological polar surface area (TPSA) is 51.7 Å². The first-order valence-electron chi connectivity index (χ1n) is 7.45. The second kappa shape index (κ2) is 6.78. The first-order chi connectivity index (χ1) is 9.94. The van der Waals surface area contributed by atoms with E-state index >= 15 is 0 Å². The maximum atomic E-state index is 12.1. The van der Waals surface area contributed by atoms with Crippen LogP contribution in [-0.4, -0.2) is 41.3 Å². The van der Waals surface area contributed by atoms with Crippen molar-refractivity contribution >= 4 is 6.09 Å². The minimum atomic E-state index is -0.448. The first kappa shape index (κ1) is 15.6. The van der Waals surface area contributed by atoms with Crippen LogP contribution in [0.3, 0.4) is 0 Å². The van der Waals surface area contributed by atoms with E-state index in [4.69, 9.17) is 9.47 Å². The third kappa shape index (κ3) is 5.25. The molecule has 116 valence electrons. The standard InChI is InChI=1S/C16H24N2O3/c1-16(2,3)21-15(19)18-9-5-6-13(11-18)12-20-14-7-4-8-17-10-14/h4,7-8,10,13H,5-6,9,11-12H2,1-3H3/t13-/m1/s1. The molecule has 0 spiro atoms. The number of piperidine rings is 1. The molecule has 0 aliphatic carbocycles. The molecular weight excluding hydrogens is 268 g/mol. The molecular formula is C16H24N2O3. The van der Waals surface area contributed by atoms with Crippen molar-refractivity contribution in [3.05, 3.63) is 24.5 Å². The van der Waals surface area contributed by atoms with Crippen molar-refractivity contribution in [3.63, 3.8) is 0 Å². The SMILES string of the molecule is CC(C)(C)OC(=O)N1CCC[C@@H](COc2cccnc2)C1. The largest absolute Gasteiger partial charge is 0.492 e. The second-order valence-corrected chi connectivity index (χ2v) is 6.43. The number of nitrogens with zero attached hydrogens (tertiary/aromatic N) is 2. The van der Waals surface area contributed by atoms with Gasteiger partial charge in [-0.1, -0.05) is 0 Å². The van der Waals surface area contributed by atoms with Gasteiger partial charge < -0.3 is 14.4 Å². The maximum Gasteiger partial charge on any atom is 0.410 e. The first-order valence-corrected chi connectivity index (χ1v) is 7.45. The summed E-state index contributed by atoms with van der Waals surface area (Å²) >= 11 is 0. The summed E-state index contributed by atoms with van der Waals surface area (Å²) in [5, 5.41) is 0. The van der Waals surface area contributed by atoms with Crippen molar-refractivity contribution in [2.24, 2.45) is 5.92 Å². The lowest BCUT2D eigenvalue weighted by Crippen LogP contribution is -2.44. The zero-order chi connectivity index (χ0) is 15.3. The van der Waals surface area contributed by atoms with Gasteiger partial charge in [-0.2, -0.15) is 0 Å². The third-order valence-corrected chi connectivity index (χ3v) is 3.29. The Morgan fingerprint density at radius 1 is 1.48 bits per heavy atom. The molecule has 0 bridgehead atoms. The van der Waals surface area contributed by atoms with Crippen LogP contribution in [0.2, 0.25) is 0 Å². The summed E-state index contributed by atoms with van der Waals surface area (Å²) in [6.45, 7) is 7.71. The average Bonchev–Trinajstić information content (AvgIpc) is 2.45. The van der Waals surface area contributed by atoms with Crippen LogP contribution in [-0.2, 0) is 4.74 Å². The molecule has 1 atom stereocenters. The van der Waals surface area contributed by atoms with Crippen LogP contribution in [0.1, 0.15) is 33.6 Å². The summed E-state index contributed by atoms with van der Waals surface area (Å²) in [6.07, 6.45) is 5.25. The van der Waals surface area contributed by atoms with Gasteiger partial charge in [0.25, 0.3) is 0 Å². The van der Waals surface area contributed by atoms with Gasteiger partial charge >= 0.3 is 6.09 Å². The van der Waals surface area contributed by atoms with Gasteiger partial charge in [0.05, 0.1) is 12.8 Å².